The maximum atomic E-state index is 12.1. The van der Waals surface area contributed by atoms with Gasteiger partial charge in [-0.1, -0.05) is 12.2 Å². The van der Waals surface area contributed by atoms with Crippen LogP contribution in [0, 0.1) is 5.92 Å². The van der Waals surface area contributed by atoms with Gasteiger partial charge in [-0.05, 0) is 65.1 Å². The molecule has 124 valence electrons. The minimum atomic E-state index is -0.242. The average Bonchev–Trinajstić information content (AvgIpc) is 3.02. The monoisotopic (exact) mass is 307 g/mol. The zero-order valence-electron chi connectivity index (χ0n) is 13.8. The first-order valence-electron chi connectivity index (χ1n) is 8.44. The number of nitrogens with one attached hydrogen (secondary N) is 1. The normalized spacial score (nSPS) is 27.6. The number of unbranched alkanes of at least 4 members (excludes halogenated alkanes) is 2. The average molecular weight is 307 g/mol. The van der Waals surface area contributed by atoms with Crippen molar-refractivity contribution >= 4 is 12.3 Å². The number of hydrogen-bond donors (Lipinski definition) is 1. The van der Waals surface area contributed by atoms with Crippen LogP contribution in [-0.2, 0) is 9.59 Å². The summed E-state index contributed by atoms with van der Waals surface area (Å²) < 4.78 is 0. The number of likely N-dealkylation sites (tertiary alicyclic amines) is 1. The van der Waals surface area contributed by atoms with Crippen LogP contribution in [0.3, 0.4) is 0 Å². The summed E-state index contributed by atoms with van der Waals surface area (Å²) in [6, 6.07) is 0.0355. The van der Waals surface area contributed by atoms with Gasteiger partial charge in [0.1, 0.15) is 6.04 Å². The second kappa shape index (κ2) is 8.32. The SMILES string of the molecule is CN(C)CCCC/C=C\[C@@H]1CC1NC(=O)C1CCCN1C=O. The van der Waals surface area contributed by atoms with E-state index in [-0.39, 0.29) is 18.0 Å². The van der Waals surface area contributed by atoms with Gasteiger partial charge in [-0.2, -0.15) is 0 Å². The van der Waals surface area contributed by atoms with Crippen LogP contribution in [0.1, 0.15) is 38.5 Å². The number of amides is 2. The van der Waals surface area contributed by atoms with Crippen molar-refractivity contribution in [3.8, 4) is 0 Å². The Hall–Kier alpha value is -1.36. The van der Waals surface area contributed by atoms with Crippen LogP contribution >= 0.6 is 0 Å². The van der Waals surface area contributed by atoms with E-state index in [4.69, 9.17) is 0 Å². The Morgan fingerprint density at radius 1 is 1.36 bits per heavy atom. The summed E-state index contributed by atoms with van der Waals surface area (Å²) in [5.41, 5.74) is 0. The van der Waals surface area contributed by atoms with Gasteiger partial charge in [-0.15, -0.1) is 0 Å². The molecule has 0 aromatic rings. The number of carbonyl (C=O) groups excluding carboxylic acids is 2. The van der Waals surface area contributed by atoms with Crippen molar-refractivity contribution in [3.63, 3.8) is 0 Å². The number of rotatable bonds is 9. The summed E-state index contributed by atoms with van der Waals surface area (Å²) in [5, 5.41) is 3.08. The Labute approximate surface area is 133 Å². The van der Waals surface area contributed by atoms with Gasteiger partial charge < -0.3 is 15.1 Å². The molecule has 1 saturated heterocycles. The lowest BCUT2D eigenvalue weighted by molar-refractivity contribution is -0.131. The Balaban J connectivity index is 1.59. The summed E-state index contributed by atoms with van der Waals surface area (Å²) >= 11 is 0. The molecule has 2 rings (SSSR count). The molecule has 2 amide bonds. The second-order valence-corrected chi connectivity index (χ2v) is 6.74. The van der Waals surface area contributed by atoms with Crippen LogP contribution in [0.5, 0.6) is 0 Å². The number of carbonyl (C=O) groups is 2. The van der Waals surface area contributed by atoms with Crippen LogP contribution in [0.25, 0.3) is 0 Å². The van der Waals surface area contributed by atoms with Gasteiger partial charge in [-0.3, -0.25) is 9.59 Å². The van der Waals surface area contributed by atoms with Gasteiger partial charge in [0, 0.05) is 12.6 Å². The summed E-state index contributed by atoms with van der Waals surface area (Å²) in [6.07, 6.45) is 11.6. The van der Waals surface area contributed by atoms with Gasteiger partial charge in [0.2, 0.25) is 12.3 Å². The molecule has 5 heteroatoms. The molecular formula is C17H29N3O2. The van der Waals surface area contributed by atoms with E-state index in [1.54, 1.807) is 4.90 Å². The highest BCUT2D eigenvalue weighted by Crippen LogP contribution is 2.32. The Morgan fingerprint density at radius 3 is 2.91 bits per heavy atom. The molecule has 2 unspecified atom stereocenters. The third kappa shape index (κ3) is 5.13. The number of allylic oxidation sites excluding steroid dienone is 1. The molecule has 0 aromatic heterocycles. The molecule has 22 heavy (non-hydrogen) atoms. The fourth-order valence-corrected chi connectivity index (χ4v) is 3.03. The van der Waals surface area contributed by atoms with Crippen molar-refractivity contribution in [3.05, 3.63) is 12.2 Å². The lowest BCUT2D eigenvalue weighted by atomic mass is 10.2. The highest BCUT2D eigenvalue weighted by Gasteiger charge is 2.39. The molecule has 2 fully saturated rings. The van der Waals surface area contributed by atoms with Crippen LogP contribution in [0.4, 0.5) is 0 Å². The van der Waals surface area contributed by atoms with E-state index in [2.05, 4.69) is 36.5 Å². The summed E-state index contributed by atoms with van der Waals surface area (Å²) in [7, 11) is 4.20. The molecule has 1 aliphatic carbocycles. The van der Waals surface area contributed by atoms with E-state index in [9.17, 15) is 9.59 Å². The standard InChI is InChI=1S/C17H29N3O2/c1-19(2)10-6-4-3-5-8-14-12-15(14)18-17(22)16-9-7-11-20(16)13-21/h5,8,13-16H,3-4,6-7,9-12H2,1-2H3,(H,18,22)/b8-5-/t14-,15?,16?/m1/s1. The van der Waals surface area contributed by atoms with Crippen molar-refractivity contribution in [2.45, 2.75) is 50.6 Å². The predicted molar refractivity (Wildman–Crippen MR) is 87.4 cm³/mol. The summed E-state index contributed by atoms with van der Waals surface area (Å²) in [6.45, 7) is 1.85. The molecule has 0 spiro atoms. The fourth-order valence-electron chi connectivity index (χ4n) is 3.03. The van der Waals surface area contributed by atoms with Gasteiger partial charge in [0.15, 0.2) is 0 Å². The quantitative estimate of drug-likeness (QED) is 0.398. The Kier molecular flexibility index (Phi) is 6.43. The highest BCUT2D eigenvalue weighted by molar-refractivity contribution is 5.84. The molecule has 1 heterocycles. The van der Waals surface area contributed by atoms with Gasteiger partial charge in [0.05, 0.1) is 0 Å². The third-order valence-corrected chi connectivity index (χ3v) is 4.51. The lowest BCUT2D eigenvalue weighted by Crippen LogP contribution is -2.43. The summed E-state index contributed by atoms with van der Waals surface area (Å²) in [5.74, 6) is 0.514. The van der Waals surface area contributed by atoms with E-state index >= 15 is 0 Å². The van der Waals surface area contributed by atoms with Crippen LogP contribution < -0.4 is 5.32 Å². The topological polar surface area (TPSA) is 52.7 Å². The van der Waals surface area contributed by atoms with Crippen LogP contribution in [0.15, 0.2) is 12.2 Å². The van der Waals surface area contributed by atoms with Crippen molar-refractivity contribution < 1.29 is 9.59 Å². The van der Waals surface area contributed by atoms with Gasteiger partial charge >= 0.3 is 0 Å². The van der Waals surface area contributed by atoms with Gasteiger partial charge in [-0.25, -0.2) is 0 Å². The van der Waals surface area contributed by atoms with Crippen LogP contribution in [-0.4, -0.2) is 61.4 Å². The fraction of sp³-hybridized carbons (Fsp3) is 0.765. The minimum Gasteiger partial charge on any atom is -0.351 e. The van der Waals surface area contributed by atoms with E-state index in [0.717, 1.165) is 38.6 Å². The van der Waals surface area contributed by atoms with Gasteiger partial charge in [0.25, 0.3) is 0 Å². The largest absolute Gasteiger partial charge is 0.351 e. The van der Waals surface area contributed by atoms with E-state index < -0.39 is 0 Å². The van der Waals surface area contributed by atoms with Crippen molar-refractivity contribution in [1.82, 2.24) is 15.1 Å². The molecule has 0 aromatic carbocycles. The highest BCUT2D eigenvalue weighted by atomic mass is 16.2. The predicted octanol–water partition coefficient (Wildman–Crippen LogP) is 1.40. The second-order valence-electron chi connectivity index (χ2n) is 6.74. The molecule has 0 bridgehead atoms. The molecule has 1 N–H and O–H groups in total. The Bertz CT molecular complexity index is 409. The van der Waals surface area contributed by atoms with Crippen molar-refractivity contribution in [2.75, 3.05) is 27.2 Å². The zero-order chi connectivity index (χ0) is 15.9. The van der Waals surface area contributed by atoms with E-state index in [0.29, 0.717) is 12.5 Å². The number of hydrogen-bond acceptors (Lipinski definition) is 3. The van der Waals surface area contributed by atoms with E-state index in [1.165, 1.54) is 12.8 Å². The molecule has 2 aliphatic rings. The number of nitrogens with zero attached hydrogens (tertiary/aromatic N) is 2. The van der Waals surface area contributed by atoms with Crippen molar-refractivity contribution in [1.29, 1.82) is 0 Å². The minimum absolute atomic E-state index is 0.0245. The summed E-state index contributed by atoms with van der Waals surface area (Å²) in [4.78, 5) is 26.9. The first kappa shape index (κ1) is 17.0. The molecule has 5 nitrogen and oxygen atoms in total. The third-order valence-electron chi connectivity index (χ3n) is 4.51. The maximum Gasteiger partial charge on any atom is 0.243 e. The maximum absolute atomic E-state index is 12.1. The zero-order valence-corrected chi connectivity index (χ0v) is 13.8. The molecule has 1 aliphatic heterocycles. The molecule has 1 saturated carbocycles. The lowest BCUT2D eigenvalue weighted by Gasteiger charge is -2.19. The first-order valence-corrected chi connectivity index (χ1v) is 8.44. The molecule has 3 atom stereocenters. The van der Waals surface area contributed by atoms with Crippen LogP contribution in [0.2, 0.25) is 0 Å². The molecule has 0 radical (unpaired) electrons. The molecular weight excluding hydrogens is 278 g/mol. The van der Waals surface area contributed by atoms with E-state index in [1.807, 2.05) is 0 Å². The Morgan fingerprint density at radius 2 is 2.18 bits per heavy atom. The first-order chi connectivity index (χ1) is 10.6. The smallest absolute Gasteiger partial charge is 0.243 e. The van der Waals surface area contributed by atoms with Crippen molar-refractivity contribution in [2.24, 2.45) is 5.92 Å².